The Labute approximate surface area is 265 Å². The quantitative estimate of drug-likeness (QED) is 0.205. The summed E-state index contributed by atoms with van der Waals surface area (Å²) in [5, 5.41) is 6.72. The third kappa shape index (κ3) is 3.43. The SMILES string of the molecule is CC1(C)c2ccccc2-c2ccc(N(c3ccc4oc5ccccc5c4c3)c3cccc4c3ccc3c5ccccc5oc43)cc21. The van der Waals surface area contributed by atoms with Crippen LogP contribution >= 0.6 is 0 Å². The highest BCUT2D eigenvalue weighted by Crippen LogP contribution is 2.51. The minimum Gasteiger partial charge on any atom is -0.456 e. The van der Waals surface area contributed by atoms with Crippen LogP contribution in [0.5, 0.6) is 0 Å². The van der Waals surface area contributed by atoms with Gasteiger partial charge in [-0.15, -0.1) is 0 Å². The average Bonchev–Trinajstić information content (AvgIpc) is 3.73. The van der Waals surface area contributed by atoms with E-state index in [4.69, 9.17) is 8.83 Å². The number of fused-ring (bicyclic) bond motifs is 11. The molecule has 7 aromatic carbocycles. The number of benzene rings is 7. The highest BCUT2D eigenvalue weighted by atomic mass is 16.3. The molecule has 0 saturated carbocycles. The third-order valence-corrected chi connectivity index (χ3v) is 10.1. The Morgan fingerprint density at radius 2 is 1.04 bits per heavy atom. The lowest BCUT2D eigenvalue weighted by Crippen LogP contribution is -2.16. The van der Waals surface area contributed by atoms with Crippen molar-refractivity contribution in [1.29, 1.82) is 0 Å². The number of hydrogen-bond acceptors (Lipinski definition) is 3. The minimum atomic E-state index is -0.114. The average molecular weight is 592 g/mol. The smallest absolute Gasteiger partial charge is 0.143 e. The van der Waals surface area contributed by atoms with Crippen LogP contribution in [-0.2, 0) is 5.41 Å². The first-order chi connectivity index (χ1) is 22.6. The molecular formula is C43H29NO2. The van der Waals surface area contributed by atoms with Gasteiger partial charge in [0, 0.05) is 49.1 Å². The van der Waals surface area contributed by atoms with E-state index in [2.05, 4.69) is 134 Å². The second kappa shape index (κ2) is 9.12. The van der Waals surface area contributed by atoms with Crippen LogP contribution in [0.15, 0.2) is 148 Å². The number of furan rings is 2. The van der Waals surface area contributed by atoms with Crippen molar-refractivity contribution in [2.45, 2.75) is 19.3 Å². The molecule has 10 rings (SSSR count). The summed E-state index contributed by atoms with van der Waals surface area (Å²) >= 11 is 0. The van der Waals surface area contributed by atoms with E-state index in [0.29, 0.717) is 0 Å². The molecule has 218 valence electrons. The Balaban J connectivity index is 1.25. The van der Waals surface area contributed by atoms with Gasteiger partial charge in [-0.2, -0.15) is 0 Å². The number of anilines is 3. The van der Waals surface area contributed by atoms with Gasteiger partial charge in [0.25, 0.3) is 0 Å². The normalized spacial score (nSPS) is 13.6. The summed E-state index contributed by atoms with van der Waals surface area (Å²) in [5.41, 5.74) is 12.1. The molecule has 1 aliphatic rings. The molecule has 0 unspecified atom stereocenters. The largest absolute Gasteiger partial charge is 0.456 e. The van der Waals surface area contributed by atoms with Crippen molar-refractivity contribution in [3.63, 3.8) is 0 Å². The van der Waals surface area contributed by atoms with Gasteiger partial charge < -0.3 is 13.7 Å². The molecule has 0 N–H and O–H groups in total. The molecule has 0 aliphatic heterocycles. The number of nitrogens with zero attached hydrogens (tertiary/aromatic N) is 1. The van der Waals surface area contributed by atoms with Crippen molar-refractivity contribution in [2.24, 2.45) is 0 Å². The molecule has 0 spiro atoms. The van der Waals surface area contributed by atoms with Crippen LogP contribution in [0, 0.1) is 0 Å². The summed E-state index contributed by atoms with van der Waals surface area (Å²) in [4.78, 5) is 2.40. The molecule has 0 radical (unpaired) electrons. The van der Waals surface area contributed by atoms with Crippen LogP contribution in [0.2, 0.25) is 0 Å². The molecule has 3 heteroatoms. The van der Waals surface area contributed by atoms with Crippen LogP contribution in [0.4, 0.5) is 17.1 Å². The van der Waals surface area contributed by atoms with E-state index in [9.17, 15) is 0 Å². The van der Waals surface area contributed by atoms with Crippen molar-refractivity contribution in [3.8, 4) is 11.1 Å². The second-order valence-corrected chi connectivity index (χ2v) is 12.9. The van der Waals surface area contributed by atoms with Crippen molar-refractivity contribution in [3.05, 3.63) is 151 Å². The minimum absolute atomic E-state index is 0.114. The maximum absolute atomic E-state index is 6.50. The molecule has 0 amide bonds. The van der Waals surface area contributed by atoms with Crippen molar-refractivity contribution in [1.82, 2.24) is 0 Å². The predicted molar refractivity (Wildman–Crippen MR) is 191 cm³/mol. The predicted octanol–water partition coefficient (Wildman–Crippen LogP) is 12.4. The Morgan fingerprint density at radius 1 is 0.435 bits per heavy atom. The Hall–Kier alpha value is -5.80. The zero-order valence-corrected chi connectivity index (χ0v) is 25.5. The summed E-state index contributed by atoms with van der Waals surface area (Å²) in [6, 6.07) is 49.9. The second-order valence-electron chi connectivity index (χ2n) is 12.9. The van der Waals surface area contributed by atoms with Gasteiger partial charge in [-0.05, 0) is 76.9 Å². The number of hydrogen-bond donors (Lipinski definition) is 0. The van der Waals surface area contributed by atoms with E-state index in [1.165, 1.54) is 22.3 Å². The van der Waals surface area contributed by atoms with Gasteiger partial charge in [0.05, 0.1) is 5.69 Å². The van der Waals surface area contributed by atoms with Crippen molar-refractivity contribution < 1.29 is 8.83 Å². The topological polar surface area (TPSA) is 29.5 Å². The van der Waals surface area contributed by atoms with Crippen LogP contribution in [0.25, 0.3) is 65.8 Å². The zero-order valence-electron chi connectivity index (χ0n) is 25.5. The van der Waals surface area contributed by atoms with Crippen LogP contribution in [0.1, 0.15) is 25.0 Å². The van der Waals surface area contributed by atoms with Crippen molar-refractivity contribution in [2.75, 3.05) is 4.90 Å². The first-order valence-electron chi connectivity index (χ1n) is 15.9. The van der Waals surface area contributed by atoms with Gasteiger partial charge in [0.15, 0.2) is 0 Å². The first kappa shape index (κ1) is 25.5. The van der Waals surface area contributed by atoms with Crippen LogP contribution < -0.4 is 4.90 Å². The lowest BCUT2D eigenvalue weighted by molar-refractivity contribution is 0.660. The maximum Gasteiger partial charge on any atom is 0.143 e. The van der Waals surface area contributed by atoms with E-state index >= 15 is 0 Å². The maximum atomic E-state index is 6.50. The van der Waals surface area contributed by atoms with Crippen LogP contribution in [0.3, 0.4) is 0 Å². The molecule has 0 saturated heterocycles. The van der Waals surface area contributed by atoms with E-state index < -0.39 is 0 Å². The summed E-state index contributed by atoms with van der Waals surface area (Å²) in [7, 11) is 0. The molecule has 3 nitrogen and oxygen atoms in total. The number of para-hydroxylation sites is 2. The van der Waals surface area contributed by atoms with E-state index in [-0.39, 0.29) is 5.41 Å². The van der Waals surface area contributed by atoms with Crippen molar-refractivity contribution >= 4 is 71.7 Å². The molecule has 0 atom stereocenters. The Kier molecular flexibility index (Phi) is 5.06. The Bertz CT molecular complexity index is 2690. The van der Waals surface area contributed by atoms with Gasteiger partial charge in [-0.25, -0.2) is 0 Å². The molecule has 9 aromatic rings. The summed E-state index contributed by atoms with van der Waals surface area (Å²) in [6.07, 6.45) is 0. The highest BCUT2D eigenvalue weighted by Gasteiger charge is 2.36. The molecule has 0 fully saturated rings. The molecule has 46 heavy (non-hydrogen) atoms. The molecule has 2 aromatic heterocycles. The first-order valence-corrected chi connectivity index (χ1v) is 15.9. The fraction of sp³-hybridized carbons (Fsp3) is 0.0698. The van der Waals surface area contributed by atoms with Crippen LogP contribution in [-0.4, -0.2) is 0 Å². The monoisotopic (exact) mass is 591 g/mol. The van der Waals surface area contributed by atoms with Gasteiger partial charge in [0.1, 0.15) is 22.3 Å². The highest BCUT2D eigenvalue weighted by molar-refractivity contribution is 6.18. The summed E-state index contributed by atoms with van der Waals surface area (Å²) < 4.78 is 12.7. The fourth-order valence-corrected chi connectivity index (χ4v) is 7.83. The zero-order chi connectivity index (χ0) is 30.6. The van der Waals surface area contributed by atoms with E-state index in [1.807, 2.05) is 24.3 Å². The summed E-state index contributed by atoms with van der Waals surface area (Å²) in [5.74, 6) is 0. The lowest BCUT2D eigenvalue weighted by Gasteiger charge is -2.29. The van der Waals surface area contributed by atoms with Gasteiger partial charge in [0.2, 0.25) is 0 Å². The third-order valence-electron chi connectivity index (χ3n) is 10.1. The number of rotatable bonds is 3. The van der Waals surface area contributed by atoms with Gasteiger partial charge in [-0.1, -0.05) is 98.8 Å². The Morgan fingerprint density at radius 3 is 1.91 bits per heavy atom. The van der Waals surface area contributed by atoms with E-state index in [0.717, 1.165) is 71.7 Å². The van der Waals surface area contributed by atoms with Gasteiger partial charge >= 0.3 is 0 Å². The fourth-order valence-electron chi connectivity index (χ4n) is 7.83. The molecule has 0 bridgehead atoms. The standard InChI is InChI=1S/C43H29NO2/c1-43(2)36-14-6-3-10-28(36)29-20-18-27(25-37(29)43)44(26-19-23-41-35(24-26)32-12-5-7-16-39(32)45-41)38-15-9-13-33-30(38)21-22-34-31-11-4-8-17-40(31)46-42(33)34/h3-25H,1-2H3. The van der Waals surface area contributed by atoms with E-state index in [1.54, 1.807) is 0 Å². The molecule has 1 aliphatic carbocycles. The molecule has 2 heterocycles. The van der Waals surface area contributed by atoms with Gasteiger partial charge in [-0.3, -0.25) is 0 Å². The lowest BCUT2D eigenvalue weighted by atomic mass is 9.82. The summed E-state index contributed by atoms with van der Waals surface area (Å²) in [6.45, 7) is 4.68. The molecular weight excluding hydrogens is 562 g/mol.